The predicted octanol–water partition coefficient (Wildman–Crippen LogP) is 1.35. The molecular weight excluding hydrogens is 220 g/mol. The summed E-state index contributed by atoms with van der Waals surface area (Å²) < 4.78 is 1.63. The standard InChI is InChI=1S/C11H10N4S/c1-15-11(12-13-14-15)16-9-5-8-10-6-3-2-4-7-10/h2-4,6-7H,9H2,1H3. The summed E-state index contributed by atoms with van der Waals surface area (Å²) in [5.41, 5.74) is 1.03. The molecule has 0 atom stereocenters. The van der Waals surface area contributed by atoms with Crippen molar-refractivity contribution in [1.82, 2.24) is 20.2 Å². The third kappa shape index (κ3) is 2.84. The van der Waals surface area contributed by atoms with Crippen LogP contribution in [-0.2, 0) is 7.05 Å². The minimum absolute atomic E-state index is 0.684. The molecule has 0 spiro atoms. The van der Waals surface area contributed by atoms with E-state index in [0.29, 0.717) is 5.75 Å². The van der Waals surface area contributed by atoms with Crippen molar-refractivity contribution in [1.29, 1.82) is 0 Å². The van der Waals surface area contributed by atoms with E-state index in [1.54, 1.807) is 4.68 Å². The summed E-state index contributed by atoms with van der Waals surface area (Å²) >= 11 is 1.53. The van der Waals surface area contributed by atoms with E-state index in [9.17, 15) is 0 Å². The summed E-state index contributed by atoms with van der Waals surface area (Å²) in [6.07, 6.45) is 0. The quantitative estimate of drug-likeness (QED) is 0.577. The van der Waals surface area contributed by atoms with Gasteiger partial charge in [0.25, 0.3) is 0 Å². The highest BCUT2D eigenvalue weighted by atomic mass is 32.2. The van der Waals surface area contributed by atoms with Gasteiger partial charge in [0.1, 0.15) is 0 Å². The van der Waals surface area contributed by atoms with Gasteiger partial charge in [-0.05, 0) is 22.6 Å². The van der Waals surface area contributed by atoms with E-state index in [1.807, 2.05) is 37.4 Å². The second-order valence-electron chi connectivity index (χ2n) is 3.04. The van der Waals surface area contributed by atoms with Gasteiger partial charge in [0.15, 0.2) is 0 Å². The number of tetrazole rings is 1. The lowest BCUT2D eigenvalue weighted by molar-refractivity contribution is 0.665. The Morgan fingerprint density at radius 3 is 2.81 bits per heavy atom. The molecule has 0 aliphatic carbocycles. The highest BCUT2D eigenvalue weighted by Crippen LogP contribution is 2.10. The Balaban J connectivity index is 1.90. The maximum atomic E-state index is 3.86. The molecule has 1 aromatic heterocycles. The third-order valence-corrected chi connectivity index (χ3v) is 2.75. The summed E-state index contributed by atoms with van der Waals surface area (Å²) in [4.78, 5) is 0. The lowest BCUT2D eigenvalue weighted by Gasteiger charge is -1.92. The van der Waals surface area contributed by atoms with Crippen LogP contribution in [0.15, 0.2) is 35.5 Å². The van der Waals surface area contributed by atoms with Gasteiger partial charge in [-0.2, -0.15) is 0 Å². The zero-order valence-electron chi connectivity index (χ0n) is 8.79. The van der Waals surface area contributed by atoms with Crippen molar-refractivity contribution in [2.75, 3.05) is 5.75 Å². The smallest absolute Gasteiger partial charge is 0.209 e. The van der Waals surface area contributed by atoms with Gasteiger partial charge in [-0.15, -0.1) is 5.10 Å². The Kier molecular flexibility index (Phi) is 3.57. The zero-order valence-corrected chi connectivity index (χ0v) is 9.61. The van der Waals surface area contributed by atoms with Crippen LogP contribution in [0.4, 0.5) is 0 Å². The van der Waals surface area contributed by atoms with E-state index < -0.39 is 0 Å². The molecule has 1 heterocycles. The van der Waals surface area contributed by atoms with E-state index in [1.165, 1.54) is 11.8 Å². The third-order valence-electron chi connectivity index (χ3n) is 1.86. The number of aryl methyl sites for hydroxylation is 1. The Labute approximate surface area is 98.1 Å². The van der Waals surface area contributed by atoms with Crippen LogP contribution in [0.1, 0.15) is 5.56 Å². The number of hydrogen-bond donors (Lipinski definition) is 0. The molecule has 80 valence electrons. The van der Waals surface area contributed by atoms with Gasteiger partial charge < -0.3 is 0 Å². The van der Waals surface area contributed by atoms with E-state index in [4.69, 9.17) is 0 Å². The molecule has 2 rings (SSSR count). The minimum atomic E-state index is 0.684. The first-order valence-electron chi connectivity index (χ1n) is 4.75. The fraction of sp³-hybridized carbons (Fsp3) is 0.182. The topological polar surface area (TPSA) is 43.6 Å². The van der Waals surface area contributed by atoms with Crippen LogP contribution < -0.4 is 0 Å². The van der Waals surface area contributed by atoms with E-state index in [2.05, 4.69) is 27.4 Å². The van der Waals surface area contributed by atoms with Gasteiger partial charge in [0.2, 0.25) is 5.16 Å². The highest BCUT2D eigenvalue weighted by molar-refractivity contribution is 7.99. The SMILES string of the molecule is Cn1nnnc1SCC#Cc1ccccc1. The van der Waals surface area contributed by atoms with Crippen molar-refractivity contribution in [3.8, 4) is 11.8 Å². The normalized spacial score (nSPS) is 9.56. The molecule has 16 heavy (non-hydrogen) atoms. The van der Waals surface area contributed by atoms with Crippen LogP contribution in [0.25, 0.3) is 0 Å². The number of nitrogens with zero attached hydrogens (tertiary/aromatic N) is 4. The molecule has 0 N–H and O–H groups in total. The maximum Gasteiger partial charge on any atom is 0.209 e. The molecule has 1 aromatic carbocycles. The number of aromatic nitrogens is 4. The molecule has 0 aliphatic rings. The van der Waals surface area contributed by atoms with Crippen molar-refractivity contribution in [2.45, 2.75) is 5.16 Å². The summed E-state index contributed by atoms with van der Waals surface area (Å²) in [6, 6.07) is 9.90. The molecule has 0 aliphatic heterocycles. The lowest BCUT2D eigenvalue weighted by atomic mass is 10.2. The van der Waals surface area contributed by atoms with E-state index >= 15 is 0 Å². The maximum absolute atomic E-state index is 3.86. The fourth-order valence-electron chi connectivity index (χ4n) is 1.10. The second kappa shape index (κ2) is 5.33. The molecule has 5 heteroatoms. The summed E-state index contributed by atoms with van der Waals surface area (Å²) in [5.74, 6) is 6.83. The summed E-state index contributed by atoms with van der Waals surface area (Å²) in [5, 5.41) is 11.9. The van der Waals surface area contributed by atoms with Crippen LogP contribution in [-0.4, -0.2) is 26.0 Å². The molecular formula is C11H10N4S. The number of hydrogen-bond acceptors (Lipinski definition) is 4. The van der Waals surface area contributed by atoms with Crippen LogP contribution in [0.5, 0.6) is 0 Å². The fourth-order valence-corrected chi connectivity index (χ4v) is 1.69. The first-order chi connectivity index (χ1) is 7.86. The van der Waals surface area contributed by atoms with Crippen LogP contribution >= 0.6 is 11.8 Å². The van der Waals surface area contributed by atoms with Crippen molar-refractivity contribution >= 4 is 11.8 Å². The van der Waals surface area contributed by atoms with Crippen molar-refractivity contribution < 1.29 is 0 Å². The van der Waals surface area contributed by atoms with Crippen LogP contribution in [0.3, 0.4) is 0 Å². The van der Waals surface area contributed by atoms with Crippen molar-refractivity contribution in [3.05, 3.63) is 35.9 Å². The number of benzene rings is 1. The average molecular weight is 230 g/mol. The van der Waals surface area contributed by atoms with Gasteiger partial charge in [-0.1, -0.05) is 41.8 Å². The summed E-state index contributed by atoms with van der Waals surface area (Å²) in [6.45, 7) is 0. The second-order valence-corrected chi connectivity index (χ2v) is 3.98. The summed E-state index contributed by atoms with van der Waals surface area (Å²) in [7, 11) is 1.81. The Morgan fingerprint density at radius 2 is 2.12 bits per heavy atom. The van der Waals surface area contributed by atoms with Crippen molar-refractivity contribution in [2.24, 2.45) is 7.05 Å². The van der Waals surface area contributed by atoms with Gasteiger partial charge >= 0.3 is 0 Å². The zero-order chi connectivity index (χ0) is 11.2. The minimum Gasteiger partial charge on any atom is -0.224 e. The Bertz CT molecular complexity index is 510. The largest absolute Gasteiger partial charge is 0.224 e. The molecule has 0 unspecified atom stereocenters. The predicted molar refractivity (Wildman–Crippen MR) is 62.8 cm³/mol. The first-order valence-corrected chi connectivity index (χ1v) is 5.74. The van der Waals surface area contributed by atoms with Gasteiger partial charge in [0.05, 0.1) is 5.75 Å². The molecule has 0 amide bonds. The number of rotatable bonds is 2. The monoisotopic (exact) mass is 230 g/mol. The first kappa shape index (κ1) is 10.7. The molecule has 0 saturated carbocycles. The average Bonchev–Trinajstić information content (AvgIpc) is 2.72. The molecule has 0 fully saturated rings. The molecule has 0 bridgehead atoms. The molecule has 0 saturated heterocycles. The van der Waals surface area contributed by atoms with E-state index in [0.717, 1.165) is 10.7 Å². The van der Waals surface area contributed by atoms with Gasteiger partial charge in [0, 0.05) is 12.6 Å². The molecule has 0 radical (unpaired) electrons. The van der Waals surface area contributed by atoms with Gasteiger partial charge in [-0.3, -0.25) is 0 Å². The number of thioether (sulfide) groups is 1. The Morgan fingerprint density at radius 1 is 1.31 bits per heavy atom. The highest BCUT2D eigenvalue weighted by Gasteiger charge is 1.99. The van der Waals surface area contributed by atoms with Gasteiger partial charge in [-0.25, -0.2) is 4.68 Å². The molecule has 4 nitrogen and oxygen atoms in total. The Hall–Kier alpha value is -1.80. The van der Waals surface area contributed by atoms with Crippen molar-refractivity contribution in [3.63, 3.8) is 0 Å². The molecule has 2 aromatic rings. The van der Waals surface area contributed by atoms with Crippen LogP contribution in [0.2, 0.25) is 0 Å². The lowest BCUT2D eigenvalue weighted by Crippen LogP contribution is -1.92. The van der Waals surface area contributed by atoms with E-state index in [-0.39, 0.29) is 0 Å². The van der Waals surface area contributed by atoms with Crippen LogP contribution in [0, 0.1) is 11.8 Å².